The van der Waals surface area contributed by atoms with Crippen LogP contribution in [0.2, 0.25) is 0 Å². The SMILES string of the molecule is CC(=O)N1CCCN(CCOc2ccc(C#N)cc2)CC1. The molecule has 0 unspecified atom stereocenters. The molecule has 0 bridgehead atoms. The van der Waals surface area contributed by atoms with Crippen molar-refractivity contribution in [1.82, 2.24) is 9.80 Å². The monoisotopic (exact) mass is 287 g/mol. The Bertz CT molecular complexity index is 507. The highest BCUT2D eigenvalue weighted by atomic mass is 16.5. The average molecular weight is 287 g/mol. The molecule has 0 saturated carbocycles. The van der Waals surface area contributed by atoms with E-state index in [1.54, 1.807) is 19.1 Å². The zero-order valence-electron chi connectivity index (χ0n) is 12.4. The summed E-state index contributed by atoms with van der Waals surface area (Å²) in [5.74, 6) is 0.944. The van der Waals surface area contributed by atoms with Gasteiger partial charge in [0, 0.05) is 39.6 Å². The summed E-state index contributed by atoms with van der Waals surface area (Å²) in [5, 5.41) is 8.74. The van der Waals surface area contributed by atoms with Crippen molar-refractivity contribution in [2.45, 2.75) is 13.3 Å². The molecule has 21 heavy (non-hydrogen) atoms. The quantitative estimate of drug-likeness (QED) is 0.842. The Kier molecular flexibility index (Phi) is 5.59. The normalized spacial score (nSPS) is 16.1. The first-order chi connectivity index (χ1) is 10.2. The van der Waals surface area contributed by atoms with Gasteiger partial charge in [0.1, 0.15) is 12.4 Å². The predicted octanol–water partition coefficient (Wildman–Crippen LogP) is 1.49. The fraction of sp³-hybridized carbons (Fsp3) is 0.500. The highest BCUT2D eigenvalue weighted by Crippen LogP contribution is 2.11. The van der Waals surface area contributed by atoms with Gasteiger partial charge in [0.25, 0.3) is 0 Å². The molecule has 1 heterocycles. The van der Waals surface area contributed by atoms with Gasteiger partial charge in [-0.05, 0) is 30.7 Å². The first-order valence-corrected chi connectivity index (χ1v) is 7.30. The highest BCUT2D eigenvalue weighted by molar-refractivity contribution is 5.73. The first kappa shape index (κ1) is 15.3. The van der Waals surface area contributed by atoms with Crippen LogP contribution in [-0.2, 0) is 4.79 Å². The molecule has 0 N–H and O–H groups in total. The van der Waals surface area contributed by atoms with Gasteiger partial charge in [0.15, 0.2) is 0 Å². The molecule has 1 aromatic rings. The van der Waals surface area contributed by atoms with E-state index in [9.17, 15) is 4.79 Å². The number of nitrogens with zero attached hydrogens (tertiary/aromatic N) is 3. The van der Waals surface area contributed by atoms with Crippen molar-refractivity contribution in [2.24, 2.45) is 0 Å². The molecular formula is C16H21N3O2. The van der Waals surface area contributed by atoms with E-state index in [-0.39, 0.29) is 5.91 Å². The minimum Gasteiger partial charge on any atom is -0.492 e. The van der Waals surface area contributed by atoms with Crippen LogP contribution >= 0.6 is 0 Å². The minimum atomic E-state index is 0.158. The van der Waals surface area contributed by atoms with Crippen molar-refractivity contribution in [3.8, 4) is 11.8 Å². The van der Waals surface area contributed by atoms with Crippen LogP contribution in [0.4, 0.5) is 0 Å². The lowest BCUT2D eigenvalue weighted by atomic mass is 10.2. The Morgan fingerprint density at radius 2 is 2.00 bits per heavy atom. The van der Waals surface area contributed by atoms with E-state index in [1.165, 1.54) is 0 Å². The van der Waals surface area contributed by atoms with Crippen molar-refractivity contribution in [3.63, 3.8) is 0 Å². The summed E-state index contributed by atoms with van der Waals surface area (Å²) >= 11 is 0. The molecular weight excluding hydrogens is 266 g/mol. The number of carbonyl (C=O) groups is 1. The van der Waals surface area contributed by atoms with E-state index >= 15 is 0 Å². The Labute approximate surface area is 125 Å². The van der Waals surface area contributed by atoms with Crippen LogP contribution in [0.15, 0.2) is 24.3 Å². The number of amides is 1. The van der Waals surface area contributed by atoms with Crippen LogP contribution in [0.25, 0.3) is 0 Å². The fourth-order valence-corrected chi connectivity index (χ4v) is 2.43. The summed E-state index contributed by atoms with van der Waals surface area (Å²) in [6.45, 7) is 6.65. The van der Waals surface area contributed by atoms with Crippen molar-refractivity contribution < 1.29 is 9.53 Å². The third-order valence-electron chi connectivity index (χ3n) is 3.69. The number of hydrogen-bond acceptors (Lipinski definition) is 4. The van der Waals surface area contributed by atoms with Crippen LogP contribution < -0.4 is 4.74 Å². The maximum absolute atomic E-state index is 11.4. The van der Waals surface area contributed by atoms with Crippen LogP contribution in [0, 0.1) is 11.3 Å². The van der Waals surface area contributed by atoms with Crippen molar-refractivity contribution in [3.05, 3.63) is 29.8 Å². The summed E-state index contributed by atoms with van der Waals surface area (Å²) in [5.41, 5.74) is 0.638. The lowest BCUT2D eigenvalue weighted by Crippen LogP contribution is -2.35. The molecule has 0 radical (unpaired) electrons. The Balaban J connectivity index is 1.73. The molecule has 1 aliphatic heterocycles. The molecule has 1 amide bonds. The molecule has 5 nitrogen and oxygen atoms in total. The molecule has 0 atom stereocenters. The van der Waals surface area contributed by atoms with Crippen molar-refractivity contribution >= 4 is 5.91 Å². The van der Waals surface area contributed by atoms with Crippen molar-refractivity contribution in [2.75, 3.05) is 39.3 Å². The molecule has 0 aromatic heterocycles. The molecule has 112 valence electrons. The zero-order valence-corrected chi connectivity index (χ0v) is 12.4. The summed E-state index contributed by atoms with van der Waals surface area (Å²) in [6.07, 6.45) is 1.01. The van der Waals surface area contributed by atoms with E-state index in [0.717, 1.165) is 44.9 Å². The summed E-state index contributed by atoms with van der Waals surface area (Å²) < 4.78 is 5.69. The first-order valence-electron chi connectivity index (χ1n) is 7.30. The second-order valence-electron chi connectivity index (χ2n) is 5.19. The van der Waals surface area contributed by atoms with E-state index < -0.39 is 0 Å². The van der Waals surface area contributed by atoms with E-state index in [4.69, 9.17) is 10.00 Å². The van der Waals surface area contributed by atoms with Gasteiger partial charge in [-0.25, -0.2) is 0 Å². The molecule has 5 heteroatoms. The smallest absolute Gasteiger partial charge is 0.219 e. The lowest BCUT2D eigenvalue weighted by molar-refractivity contribution is -0.128. The average Bonchev–Trinajstić information content (AvgIpc) is 2.74. The molecule has 1 aromatic carbocycles. The standard InChI is InChI=1S/C16H21N3O2/c1-14(20)19-8-2-7-18(9-10-19)11-12-21-16-5-3-15(13-17)4-6-16/h3-6H,2,7-12H2,1H3. The van der Waals surface area contributed by atoms with Gasteiger partial charge >= 0.3 is 0 Å². The number of benzene rings is 1. The molecule has 1 aliphatic rings. The van der Waals surface area contributed by atoms with Gasteiger partial charge in [-0.15, -0.1) is 0 Å². The van der Waals surface area contributed by atoms with E-state index in [0.29, 0.717) is 12.2 Å². The minimum absolute atomic E-state index is 0.158. The summed E-state index contributed by atoms with van der Waals surface area (Å²) in [6, 6.07) is 9.23. The molecule has 1 fully saturated rings. The number of carbonyl (C=O) groups excluding carboxylic acids is 1. The van der Waals surface area contributed by atoms with Crippen molar-refractivity contribution in [1.29, 1.82) is 5.26 Å². The second kappa shape index (κ2) is 7.65. The van der Waals surface area contributed by atoms with Gasteiger partial charge in [0.05, 0.1) is 11.6 Å². The predicted molar refractivity (Wildman–Crippen MR) is 80.0 cm³/mol. The van der Waals surface area contributed by atoms with E-state index in [1.807, 2.05) is 17.0 Å². The van der Waals surface area contributed by atoms with Gasteiger partial charge < -0.3 is 9.64 Å². The fourth-order valence-electron chi connectivity index (χ4n) is 2.43. The number of rotatable bonds is 4. The Hall–Kier alpha value is -2.06. The zero-order chi connectivity index (χ0) is 15.1. The maximum atomic E-state index is 11.4. The number of ether oxygens (including phenoxy) is 1. The number of nitriles is 1. The summed E-state index contributed by atoms with van der Waals surface area (Å²) in [4.78, 5) is 15.6. The van der Waals surface area contributed by atoms with Gasteiger partial charge in [-0.1, -0.05) is 0 Å². The number of hydrogen-bond donors (Lipinski definition) is 0. The Morgan fingerprint density at radius 1 is 1.24 bits per heavy atom. The molecule has 1 saturated heterocycles. The second-order valence-corrected chi connectivity index (χ2v) is 5.19. The Morgan fingerprint density at radius 3 is 2.67 bits per heavy atom. The van der Waals surface area contributed by atoms with Crippen LogP contribution in [-0.4, -0.2) is 55.0 Å². The maximum Gasteiger partial charge on any atom is 0.219 e. The van der Waals surface area contributed by atoms with Crippen LogP contribution in [0.1, 0.15) is 18.9 Å². The summed E-state index contributed by atoms with van der Waals surface area (Å²) in [7, 11) is 0. The third-order valence-corrected chi connectivity index (χ3v) is 3.69. The van der Waals surface area contributed by atoms with Gasteiger partial charge in [0.2, 0.25) is 5.91 Å². The molecule has 2 rings (SSSR count). The molecule has 0 aliphatic carbocycles. The van der Waals surface area contributed by atoms with Gasteiger partial charge in [-0.3, -0.25) is 9.69 Å². The molecule has 0 spiro atoms. The van der Waals surface area contributed by atoms with Crippen LogP contribution in [0.5, 0.6) is 5.75 Å². The topological polar surface area (TPSA) is 56.6 Å². The van der Waals surface area contributed by atoms with Crippen LogP contribution in [0.3, 0.4) is 0 Å². The van der Waals surface area contributed by atoms with E-state index in [2.05, 4.69) is 11.0 Å². The lowest BCUT2D eigenvalue weighted by Gasteiger charge is -2.21. The third kappa shape index (κ3) is 4.76. The largest absolute Gasteiger partial charge is 0.492 e. The van der Waals surface area contributed by atoms with Gasteiger partial charge in [-0.2, -0.15) is 5.26 Å². The highest BCUT2D eigenvalue weighted by Gasteiger charge is 2.16.